The van der Waals surface area contributed by atoms with E-state index >= 15 is 0 Å². The van der Waals surface area contributed by atoms with E-state index in [0.29, 0.717) is 6.04 Å². The highest BCUT2D eigenvalue weighted by Gasteiger charge is 2.22. The van der Waals surface area contributed by atoms with Crippen LogP contribution in [0.5, 0.6) is 0 Å². The fourth-order valence-corrected chi connectivity index (χ4v) is 3.06. The van der Waals surface area contributed by atoms with Gasteiger partial charge < -0.3 is 10.2 Å². The number of rotatable bonds is 6. The van der Waals surface area contributed by atoms with Gasteiger partial charge in [0.05, 0.1) is 0 Å². The summed E-state index contributed by atoms with van der Waals surface area (Å²) in [7, 11) is 0. The Kier molecular flexibility index (Phi) is 5.90. The predicted octanol–water partition coefficient (Wildman–Crippen LogP) is 4.37. The molecule has 1 aliphatic rings. The van der Waals surface area contributed by atoms with Crippen molar-refractivity contribution in [1.29, 1.82) is 0 Å². The summed E-state index contributed by atoms with van der Waals surface area (Å²) in [5.41, 5.74) is 2.96. The van der Waals surface area contributed by atoms with E-state index in [9.17, 15) is 0 Å². The van der Waals surface area contributed by atoms with Crippen LogP contribution in [0.4, 0.5) is 5.69 Å². The zero-order chi connectivity index (χ0) is 14.4. The molecular formula is C18H30N2. The summed E-state index contributed by atoms with van der Waals surface area (Å²) in [6.45, 7) is 10.4. The third-order valence-corrected chi connectivity index (χ3v) is 4.44. The Balaban J connectivity index is 2.20. The molecule has 0 saturated heterocycles. The Labute approximate surface area is 124 Å². The molecule has 2 atom stereocenters. The number of fused-ring (bicyclic) bond motifs is 1. The quantitative estimate of drug-likeness (QED) is 0.828. The summed E-state index contributed by atoms with van der Waals surface area (Å²) in [5.74, 6) is 0.767. The van der Waals surface area contributed by atoms with E-state index in [0.717, 1.165) is 12.5 Å². The average molecular weight is 274 g/mol. The summed E-state index contributed by atoms with van der Waals surface area (Å²) in [4.78, 5) is 2.61. The van der Waals surface area contributed by atoms with Crippen molar-refractivity contribution in [2.45, 2.75) is 52.5 Å². The Morgan fingerprint density at radius 1 is 1.30 bits per heavy atom. The van der Waals surface area contributed by atoms with Gasteiger partial charge in [-0.2, -0.15) is 0 Å². The number of hydrogen-bond acceptors (Lipinski definition) is 2. The topological polar surface area (TPSA) is 15.3 Å². The van der Waals surface area contributed by atoms with Crippen LogP contribution < -0.4 is 10.2 Å². The Morgan fingerprint density at radius 2 is 2.10 bits per heavy atom. The molecule has 2 rings (SSSR count). The lowest BCUT2D eigenvalue weighted by atomic mass is 10.0. The molecule has 1 aliphatic heterocycles. The van der Waals surface area contributed by atoms with Crippen molar-refractivity contribution in [1.82, 2.24) is 5.32 Å². The molecule has 20 heavy (non-hydrogen) atoms. The molecule has 0 fully saturated rings. The Bertz CT molecular complexity index is 402. The summed E-state index contributed by atoms with van der Waals surface area (Å²) < 4.78 is 0. The monoisotopic (exact) mass is 274 g/mol. The van der Waals surface area contributed by atoms with Gasteiger partial charge >= 0.3 is 0 Å². The van der Waals surface area contributed by atoms with Crippen LogP contribution in [0, 0.1) is 5.92 Å². The normalized spacial score (nSPS) is 20.4. The molecule has 2 heteroatoms. The van der Waals surface area contributed by atoms with Crippen LogP contribution in [0.15, 0.2) is 24.3 Å². The lowest BCUT2D eigenvalue weighted by Gasteiger charge is -2.28. The molecule has 0 aliphatic carbocycles. The van der Waals surface area contributed by atoms with Gasteiger partial charge in [0.2, 0.25) is 0 Å². The Hall–Kier alpha value is -1.02. The second-order valence-corrected chi connectivity index (χ2v) is 6.17. The first-order valence-electron chi connectivity index (χ1n) is 8.33. The minimum absolute atomic E-state index is 0.535. The lowest BCUT2D eigenvalue weighted by Crippen LogP contribution is -2.29. The molecule has 0 radical (unpaired) electrons. The molecule has 1 aromatic rings. The second kappa shape index (κ2) is 7.68. The molecular weight excluding hydrogens is 244 g/mol. The summed E-state index contributed by atoms with van der Waals surface area (Å²) in [6, 6.07) is 9.53. The van der Waals surface area contributed by atoms with E-state index in [2.05, 4.69) is 55.3 Å². The van der Waals surface area contributed by atoms with Crippen LogP contribution in [-0.4, -0.2) is 19.6 Å². The van der Waals surface area contributed by atoms with E-state index in [-0.39, 0.29) is 0 Å². The van der Waals surface area contributed by atoms with Crippen molar-refractivity contribution in [3.05, 3.63) is 29.8 Å². The van der Waals surface area contributed by atoms with Crippen LogP contribution in [0.25, 0.3) is 0 Å². The molecule has 0 bridgehead atoms. The number of anilines is 1. The van der Waals surface area contributed by atoms with Crippen molar-refractivity contribution in [3.63, 3.8) is 0 Å². The van der Waals surface area contributed by atoms with Crippen molar-refractivity contribution in [2.24, 2.45) is 5.92 Å². The van der Waals surface area contributed by atoms with Crippen LogP contribution in [0.3, 0.4) is 0 Å². The van der Waals surface area contributed by atoms with Crippen molar-refractivity contribution in [3.8, 4) is 0 Å². The first-order valence-corrected chi connectivity index (χ1v) is 8.33. The fourth-order valence-electron chi connectivity index (χ4n) is 3.06. The standard InChI is InChI=1S/C18H30N2/c1-4-12-19-17-10-8-13-20(14-15(3)5-2)18-11-7-6-9-16(17)18/h6-7,9,11,15,17,19H,4-5,8,10,12-14H2,1-3H3. The van der Waals surface area contributed by atoms with Crippen LogP contribution in [-0.2, 0) is 0 Å². The van der Waals surface area contributed by atoms with E-state index < -0.39 is 0 Å². The molecule has 112 valence electrons. The Morgan fingerprint density at radius 3 is 2.85 bits per heavy atom. The molecule has 2 unspecified atom stereocenters. The molecule has 0 amide bonds. The van der Waals surface area contributed by atoms with Gasteiger partial charge in [0.1, 0.15) is 0 Å². The minimum atomic E-state index is 0.535. The minimum Gasteiger partial charge on any atom is -0.371 e. The third kappa shape index (κ3) is 3.76. The molecule has 2 nitrogen and oxygen atoms in total. The van der Waals surface area contributed by atoms with Gasteiger partial charge in [-0.15, -0.1) is 0 Å². The SMILES string of the molecule is CCCNC1CCCN(CC(C)CC)c2ccccc21. The van der Waals surface area contributed by atoms with E-state index in [1.165, 1.54) is 50.0 Å². The predicted molar refractivity (Wildman–Crippen MR) is 88.4 cm³/mol. The smallest absolute Gasteiger partial charge is 0.0414 e. The number of nitrogens with one attached hydrogen (secondary N) is 1. The molecule has 1 aromatic carbocycles. The van der Waals surface area contributed by atoms with Gasteiger partial charge in [0, 0.05) is 24.8 Å². The molecule has 0 aromatic heterocycles. The average Bonchev–Trinajstić information content (AvgIpc) is 2.65. The molecule has 0 spiro atoms. The van der Waals surface area contributed by atoms with Crippen LogP contribution >= 0.6 is 0 Å². The third-order valence-electron chi connectivity index (χ3n) is 4.44. The van der Waals surface area contributed by atoms with Gasteiger partial charge in [-0.3, -0.25) is 0 Å². The zero-order valence-electron chi connectivity index (χ0n) is 13.4. The highest BCUT2D eigenvalue weighted by Crippen LogP contribution is 2.33. The molecule has 1 N–H and O–H groups in total. The highest BCUT2D eigenvalue weighted by molar-refractivity contribution is 5.55. The fraction of sp³-hybridized carbons (Fsp3) is 0.667. The van der Waals surface area contributed by atoms with Gasteiger partial charge in [-0.05, 0) is 43.4 Å². The first-order chi connectivity index (χ1) is 9.76. The second-order valence-electron chi connectivity index (χ2n) is 6.17. The van der Waals surface area contributed by atoms with Crippen LogP contribution in [0.1, 0.15) is 58.1 Å². The van der Waals surface area contributed by atoms with Crippen molar-refractivity contribution in [2.75, 3.05) is 24.5 Å². The number of benzene rings is 1. The maximum absolute atomic E-state index is 3.73. The molecule has 0 saturated carbocycles. The van der Waals surface area contributed by atoms with E-state index in [4.69, 9.17) is 0 Å². The van der Waals surface area contributed by atoms with Crippen molar-refractivity contribution >= 4 is 5.69 Å². The summed E-state index contributed by atoms with van der Waals surface area (Å²) in [5, 5.41) is 3.73. The van der Waals surface area contributed by atoms with Gasteiger partial charge in [0.25, 0.3) is 0 Å². The maximum Gasteiger partial charge on any atom is 0.0414 e. The highest BCUT2D eigenvalue weighted by atomic mass is 15.1. The van der Waals surface area contributed by atoms with E-state index in [1.54, 1.807) is 0 Å². The number of hydrogen-bond donors (Lipinski definition) is 1. The van der Waals surface area contributed by atoms with Gasteiger partial charge in [0.15, 0.2) is 0 Å². The van der Waals surface area contributed by atoms with Gasteiger partial charge in [-0.25, -0.2) is 0 Å². The zero-order valence-corrected chi connectivity index (χ0v) is 13.4. The summed E-state index contributed by atoms with van der Waals surface area (Å²) in [6.07, 6.45) is 5.01. The first kappa shape index (κ1) is 15.4. The largest absolute Gasteiger partial charge is 0.371 e. The lowest BCUT2D eigenvalue weighted by molar-refractivity contribution is 0.491. The van der Waals surface area contributed by atoms with Crippen molar-refractivity contribution < 1.29 is 0 Å². The summed E-state index contributed by atoms with van der Waals surface area (Å²) >= 11 is 0. The number of para-hydroxylation sites is 1. The van der Waals surface area contributed by atoms with Gasteiger partial charge in [-0.1, -0.05) is 45.4 Å². The van der Waals surface area contributed by atoms with Crippen LogP contribution in [0.2, 0.25) is 0 Å². The van der Waals surface area contributed by atoms with E-state index in [1.807, 2.05) is 0 Å². The molecule has 1 heterocycles. The number of nitrogens with zero attached hydrogens (tertiary/aromatic N) is 1. The maximum atomic E-state index is 3.73.